The van der Waals surface area contributed by atoms with Crippen LogP contribution in [0.25, 0.3) is 0 Å². The first kappa shape index (κ1) is 19.4. The van der Waals surface area contributed by atoms with E-state index in [0.717, 1.165) is 25.1 Å². The van der Waals surface area contributed by atoms with Crippen LogP contribution in [-0.4, -0.2) is 49.4 Å². The van der Waals surface area contributed by atoms with Gasteiger partial charge in [0.25, 0.3) is 5.91 Å². The largest absolute Gasteiger partial charge is 0.417 e. The number of nitrogens with zero attached hydrogens (tertiary/aromatic N) is 4. The quantitative estimate of drug-likeness (QED) is 0.843. The molecule has 2 atom stereocenters. The van der Waals surface area contributed by atoms with Crippen molar-refractivity contribution in [2.24, 2.45) is 0 Å². The fourth-order valence-corrected chi connectivity index (χ4v) is 4.47. The molecule has 7 nitrogen and oxygen atoms in total. The number of halogens is 3. The lowest BCUT2D eigenvalue weighted by Crippen LogP contribution is -2.55. The van der Waals surface area contributed by atoms with E-state index < -0.39 is 23.2 Å². The number of aromatic nitrogens is 3. The highest BCUT2D eigenvalue weighted by atomic mass is 19.4. The Balaban J connectivity index is 1.50. The van der Waals surface area contributed by atoms with Crippen LogP contribution in [-0.2, 0) is 17.5 Å². The van der Waals surface area contributed by atoms with Gasteiger partial charge in [-0.15, -0.1) is 0 Å². The van der Waals surface area contributed by atoms with E-state index in [1.54, 1.807) is 28.2 Å². The number of pyridine rings is 1. The highest BCUT2D eigenvalue weighted by Crippen LogP contribution is 2.42. The minimum absolute atomic E-state index is 0.0905. The SMILES string of the molecule is O=C(Cn1ccnc1)N[C@@]12CCC[C@@H]1N(C(=O)c1cncc(C(F)(F)F)c1)CC2. The summed E-state index contributed by atoms with van der Waals surface area (Å²) in [5, 5.41) is 3.09. The number of fused-ring (bicyclic) bond motifs is 1. The highest BCUT2D eigenvalue weighted by molar-refractivity contribution is 5.95. The Hall–Kier alpha value is -2.91. The molecule has 10 heteroatoms. The van der Waals surface area contributed by atoms with Crippen LogP contribution in [0.15, 0.2) is 37.2 Å². The number of hydrogen-bond donors (Lipinski definition) is 1. The second-order valence-electron chi connectivity index (χ2n) is 7.56. The molecule has 4 rings (SSSR count). The topological polar surface area (TPSA) is 80.1 Å². The zero-order valence-electron chi connectivity index (χ0n) is 15.5. The normalized spacial score (nSPS) is 23.8. The van der Waals surface area contributed by atoms with Gasteiger partial charge in [0.15, 0.2) is 0 Å². The number of carbonyl (C=O) groups excluding carboxylic acids is 2. The molecule has 2 aliphatic rings. The molecule has 0 unspecified atom stereocenters. The predicted octanol–water partition coefficient (Wildman–Crippen LogP) is 2.25. The van der Waals surface area contributed by atoms with E-state index in [-0.39, 0.29) is 24.1 Å². The Morgan fingerprint density at radius 3 is 2.79 bits per heavy atom. The summed E-state index contributed by atoms with van der Waals surface area (Å²) in [6.45, 7) is 0.505. The van der Waals surface area contributed by atoms with Crippen molar-refractivity contribution < 1.29 is 22.8 Å². The van der Waals surface area contributed by atoms with Gasteiger partial charge >= 0.3 is 6.18 Å². The van der Waals surface area contributed by atoms with Crippen molar-refractivity contribution in [3.8, 4) is 0 Å². The zero-order chi connectivity index (χ0) is 20.6. The van der Waals surface area contributed by atoms with Gasteiger partial charge in [0.1, 0.15) is 6.54 Å². The molecule has 2 fully saturated rings. The van der Waals surface area contributed by atoms with Crippen LogP contribution >= 0.6 is 0 Å². The Morgan fingerprint density at radius 1 is 1.24 bits per heavy atom. The van der Waals surface area contributed by atoms with Gasteiger partial charge in [-0.3, -0.25) is 14.6 Å². The number of carbonyl (C=O) groups is 2. The highest BCUT2D eigenvalue weighted by Gasteiger charge is 2.52. The monoisotopic (exact) mass is 407 g/mol. The molecule has 2 aromatic rings. The summed E-state index contributed by atoms with van der Waals surface area (Å²) in [6, 6.07) is 0.596. The van der Waals surface area contributed by atoms with Gasteiger partial charge in [-0.1, -0.05) is 0 Å². The van der Waals surface area contributed by atoms with Crippen LogP contribution < -0.4 is 5.32 Å². The third-order valence-electron chi connectivity index (χ3n) is 5.76. The minimum Gasteiger partial charge on any atom is -0.347 e. The molecule has 2 aromatic heterocycles. The maximum absolute atomic E-state index is 13.0. The van der Waals surface area contributed by atoms with Gasteiger partial charge in [-0.05, 0) is 31.7 Å². The summed E-state index contributed by atoms with van der Waals surface area (Å²) in [5.74, 6) is -0.661. The molecule has 1 aliphatic heterocycles. The molecule has 0 radical (unpaired) electrons. The predicted molar refractivity (Wildman–Crippen MR) is 95.6 cm³/mol. The number of alkyl halides is 3. The van der Waals surface area contributed by atoms with Crippen LogP contribution in [0.4, 0.5) is 13.2 Å². The number of imidazole rings is 1. The van der Waals surface area contributed by atoms with Gasteiger partial charge in [-0.25, -0.2) is 4.98 Å². The van der Waals surface area contributed by atoms with Crippen LogP contribution in [0.1, 0.15) is 41.6 Å². The van der Waals surface area contributed by atoms with Gasteiger partial charge in [0.2, 0.25) is 5.91 Å². The number of likely N-dealkylation sites (tertiary alicyclic amines) is 1. The van der Waals surface area contributed by atoms with Crippen LogP contribution in [0.5, 0.6) is 0 Å². The fourth-order valence-electron chi connectivity index (χ4n) is 4.47. The van der Waals surface area contributed by atoms with E-state index in [2.05, 4.69) is 15.3 Å². The average molecular weight is 407 g/mol. The molecular weight excluding hydrogens is 387 g/mol. The molecule has 0 bridgehead atoms. The molecule has 0 spiro atoms. The molecule has 0 aromatic carbocycles. The average Bonchev–Trinajstić information content (AvgIpc) is 3.37. The first-order chi connectivity index (χ1) is 13.8. The van der Waals surface area contributed by atoms with Crippen molar-refractivity contribution in [3.63, 3.8) is 0 Å². The van der Waals surface area contributed by atoms with Crippen LogP contribution in [0, 0.1) is 0 Å². The molecular formula is C19H20F3N5O2. The summed E-state index contributed by atoms with van der Waals surface area (Å²) in [6.07, 6.45) is 4.97. The molecule has 1 aliphatic carbocycles. The maximum Gasteiger partial charge on any atom is 0.417 e. The Morgan fingerprint density at radius 2 is 2.07 bits per heavy atom. The molecule has 1 saturated carbocycles. The van der Waals surface area contributed by atoms with Gasteiger partial charge in [-0.2, -0.15) is 13.2 Å². The second-order valence-corrected chi connectivity index (χ2v) is 7.56. The molecule has 1 saturated heterocycles. The smallest absolute Gasteiger partial charge is 0.347 e. The number of nitrogens with one attached hydrogen (secondary N) is 1. The van der Waals surface area contributed by atoms with Crippen molar-refractivity contribution in [3.05, 3.63) is 48.3 Å². The number of rotatable bonds is 4. The van der Waals surface area contributed by atoms with E-state index >= 15 is 0 Å². The minimum atomic E-state index is -4.56. The molecule has 1 N–H and O–H groups in total. The lowest BCUT2D eigenvalue weighted by molar-refractivity contribution is -0.137. The summed E-state index contributed by atoms with van der Waals surface area (Å²) >= 11 is 0. The molecule has 154 valence electrons. The van der Waals surface area contributed by atoms with Gasteiger partial charge in [0, 0.05) is 31.3 Å². The molecule has 3 heterocycles. The number of hydrogen-bond acceptors (Lipinski definition) is 4. The van der Waals surface area contributed by atoms with E-state index in [0.29, 0.717) is 25.6 Å². The summed E-state index contributed by atoms with van der Waals surface area (Å²) in [4.78, 5) is 34.5. The maximum atomic E-state index is 13.0. The van der Waals surface area contributed by atoms with Gasteiger partial charge in [0.05, 0.1) is 29.0 Å². The van der Waals surface area contributed by atoms with E-state index in [1.807, 2.05) is 0 Å². The van der Waals surface area contributed by atoms with E-state index in [9.17, 15) is 22.8 Å². The van der Waals surface area contributed by atoms with E-state index in [4.69, 9.17) is 0 Å². The zero-order valence-corrected chi connectivity index (χ0v) is 15.5. The summed E-state index contributed by atoms with van der Waals surface area (Å²) in [5.41, 5.74) is -1.58. The Kier molecular flexibility index (Phi) is 4.79. The van der Waals surface area contributed by atoms with Crippen molar-refractivity contribution in [2.45, 2.75) is 50.0 Å². The van der Waals surface area contributed by atoms with Crippen molar-refractivity contribution >= 4 is 11.8 Å². The third kappa shape index (κ3) is 3.70. The lowest BCUT2D eigenvalue weighted by Gasteiger charge is -2.33. The first-order valence-corrected chi connectivity index (χ1v) is 9.38. The summed E-state index contributed by atoms with van der Waals surface area (Å²) in [7, 11) is 0. The molecule has 2 amide bonds. The lowest BCUT2D eigenvalue weighted by atomic mass is 9.92. The Labute approximate surface area is 164 Å². The summed E-state index contributed by atoms with van der Waals surface area (Å²) < 4.78 is 40.5. The van der Waals surface area contributed by atoms with Crippen LogP contribution in [0.2, 0.25) is 0 Å². The van der Waals surface area contributed by atoms with Gasteiger partial charge < -0.3 is 14.8 Å². The van der Waals surface area contributed by atoms with Crippen molar-refractivity contribution in [2.75, 3.05) is 6.54 Å². The fraction of sp³-hybridized carbons (Fsp3) is 0.474. The third-order valence-corrected chi connectivity index (χ3v) is 5.76. The Bertz CT molecular complexity index is 915. The second kappa shape index (κ2) is 7.16. The molecule has 29 heavy (non-hydrogen) atoms. The van der Waals surface area contributed by atoms with Crippen molar-refractivity contribution in [1.29, 1.82) is 0 Å². The van der Waals surface area contributed by atoms with Crippen LogP contribution in [0.3, 0.4) is 0 Å². The van der Waals surface area contributed by atoms with Crippen molar-refractivity contribution in [1.82, 2.24) is 24.8 Å². The number of amides is 2. The first-order valence-electron chi connectivity index (χ1n) is 9.38. The van der Waals surface area contributed by atoms with E-state index in [1.165, 1.54) is 0 Å². The standard InChI is InChI=1S/C19H20F3N5O2/c20-19(21,22)14-8-13(9-24-10-14)17(29)27-6-4-18(3-1-2-15(18)27)25-16(28)11-26-7-5-23-12-26/h5,7-10,12,15H,1-4,6,11H2,(H,25,28)/t15-,18+/m0/s1.